The fourth-order valence-electron chi connectivity index (χ4n) is 3.40. The Bertz CT molecular complexity index is 708. The Hall–Kier alpha value is -1.73. The topological polar surface area (TPSA) is 60.2 Å². The second-order valence-corrected chi connectivity index (χ2v) is 7.56. The molecule has 7 heteroatoms. The number of carbonyl (C=O) groups excluding carboxylic acids is 1. The van der Waals surface area contributed by atoms with Gasteiger partial charge in [-0.1, -0.05) is 5.21 Å². The SMILES string of the molecule is COC[C@@H]1CN(C(=O)Cc2ccsc2)Cc2nnn(CC3CC3)c21. The van der Waals surface area contributed by atoms with Crippen molar-refractivity contribution in [3.05, 3.63) is 33.8 Å². The van der Waals surface area contributed by atoms with Gasteiger partial charge in [-0.05, 0) is 41.1 Å². The highest BCUT2D eigenvalue weighted by molar-refractivity contribution is 7.07. The molecule has 1 saturated carbocycles. The molecule has 1 amide bonds. The number of fused-ring (bicyclic) bond motifs is 1. The van der Waals surface area contributed by atoms with E-state index in [2.05, 4.69) is 15.0 Å². The molecule has 4 rings (SSSR count). The molecule has 0 saturated heterocycles. The van der Waals surface area contributed by atoms with Crippen molar-refractivity contribution >= 4 is 17.2 Å². The summed E-state index contributed by atoms with van der Waals surface area (Å²) < 4.78 is 7.46. The number of thiophene rings is 1. The molecule has 3 heterocycles. The summed E-state index contributed by atoms with van der Waals surface area (Å²) in [5.41, 5.74) is 3.18. The van der Waals surface area contributed by atoms with Crippen molar-refractivity contribution in [2.75, 3.05) is 20.3 Å². The average Bonchev–Trinajstić information content (AvgIpc) is 3.06. The molecule has 1 fully saturated rings. The summed E-state index contributed by atoms with van der Waals surface area (Å²) in [6, 6.07) is 2.01. The number of nitrogens with zero attached hydrogens (tertiary/aromatic N) is 4. The molecule has 128 valence electrons. The van der Waals surface area contributed by atoms with E-state index < -0.39 is 0 Å². The predicted octanol–water partition coefficient (Wildman–Crippen LogP) is 2.06. The number of ether oxygens (including phenoxy) is 1. The number of aromatic nitrogens is 3. The van der Waals surface area contributed by atoms with Crippen LogP contribution in [0.3, 0.4) is 0 Å². The molecule has 0 radical (unpaired) electrons. The van der Waals surface area contributed by atoms with Crippen LogP contribution in [0, 0.1) is 5.92 Å². The maximum absolute atomic E-state index is 12.7. The molecule has 1 atom stereocenters. The summed E-state index contributed by atoms with van der Waals surface area (Å²) >= 11 is 1.62. The average molecular weight is 346 g/mol. The first-order valence-electron chi connectivity index (χ1n) is 8.44. The fourth-order valence-corrected chi connectivity index (χ4v) is 4.06. The fraction of sp³-hybridized carbons (Fsp3) is 0.588. The van der Waals surface area contributed by atoms with Crippen LogP contribution in [-0.2, 0) is 29.0 Å². The van der Waals surface area contributed by atoms with Crippen molar-refractivity contribution in [2.45, 2.75) is 38.3 Å². The van der Waals surface area contributed by atoms with Crippen LogP contribution in [0.4, 0.5) is 0 Å². The van der Waals surface area contributed by atoms with E-state index in [0.29, 0.717) is 26.1 Å². The Morgan fingerprint density at radius 1 is 1.46 bits per heavy atom. The maximum atomic E-state index is 12.7. The van der Waals surface area contributed by atoms with Gasteiger partial charge in [-0.15, -0.1) is 5.10 Å². The summed E-state index contributed by atoms with van der Waals surface area (Å²) in [6.07, 6.45) is 3.03. The highest BCUT2D eigenvalue weighted by atomic mass is 32.1. The summed E-state index contributed by atoms with van der Waals surface area (Å²) in [5, 5.41) is 12.8. The summed E-state index contributed by atoms with van der Waals surface area (Å²) in [4.78, 5) is 14.6. The lowest BCUT2D eigenvalue weighted by Gasteiger charge is -2.32. The van der Waals surface area contributed by atoms with Crippen LogP contribution in [0.25, 0.3) is 0 Å². The van der Waals surface area contributed by atoms with Crippen LogP contribution >= 0.6 is 11.3 Å². The number of hydrogen-bond donors (Lipinski definition) is 0. The maximum Gasteiger partial charge on any atom is 0.227 e. The summed E-state index contributed by atoms with van der Waals surface area (Å²) in [6.45, 7) is 2.78. The number of carbonyl (C=O) groups is 1. The van der Waals surface area contributed by atoms with Crippen molar-refractivity contribution < 1.29 is 9.53 Å². The minimum atomic E-state index is 0.150. The van der Waals surface area contributed by atoms with E-state index in [-0.39, 0.29) is 11.8 Å². The smallest absolute Gasteiger partial charge is 0.227 e. The lowest BCUT2D eigenvalue weighted by atomic mass is 9.98. The quantitative estimate of drug-likeness (QED) is 0.803. The van der Waals surface area contributed by atoms with Crippen molar-refractivity contribution in [1.29, 1.82) is 0 Å². The minimum Gasteiger partial charge on any atom is -0.384 e. The number of amides is 1. The largest absolute Gasteiger partial charge is 0.384 e. The van der Waals surface area contributed by atoms with Crippen molar-refractivity contribution in [1.82, 2.24) is 19.9 Å². The van der Waals surface area contributed by atoms with Gasteiger partial charge in [0.25, 0.3) is 0 Å². The minimum absolute atomic E-state index is 0.150. The first kappa shape index (κ1) is 15.8. The van der Waals surface area contributed by atoms with E-state index in [0.717, 1.165) is 23.7 Å². The zero-order valence-electron chi connectivity index (χ0n) is 13.9. The Kier molecular flexibility index (Phi) is 4.37. The second-order valence-electron chi connectivity index (χ2n) is 6.78. The Morgan fingerprint density at radius 3 is 3.04 bits per heavy atom. The van der Waals surface area contributed by atoms with Gasteiger partial charge in [-0.2, -0.15) is 11.3 Å². The van der Waals surface area contributed by atoms with E-state index in [9.17, 15) is 4.79 Å². The molecule has 0 bridgehead atoms. The third-order valence-electron chi connectivity index (χ3n) is 4.80. The van der Waals surface area contributed by atoms with E-state index in [1.807, 2.05) is 21.7 Å². The monoisotopic (exact) mass is 346 g/mol. The van der Waals surface area contributed by atoms with E-state index in [1.165, 1.54) is 18.5 Å². The van der Waals surface area contributed by atoms with Gasteiger partial charge in [0.2, 0.25) is 5.91 Å². The lowest BCUT2D eigenvalue weighted by Crippen LogP contribution is -2.41. The molecule has 2 aromatic heterocycles. The predicted molar refractivity (Wildman–Crippen MR) is 90.8 cm³/mol. The van der Waals surface area contributed by atoms with Crippen LogP contribution in [-0.4, -0.2) is 46.1 Å². The van der Waals surface area contributed by atoms with Crippen molar-refractivity contribution in [3.8, 4) is 0 Å². The van der Waals surface area contributed by atoms with E-state index in [1.54, 1.807) is 18.4 Å². The Balaban J connectivity index is 1.53. The van der Waals surface area contributed by atoms with Gasteiger partial charge in [0.05, 0.1) is 25.3 Å². The molecule has 6 nitrogen and oxygen atoms in total. The van der Waals surface area contributed by atoms with Crippen LogP contribution in [0.1, 0.15) is 35.7 Å². The lowest BCUT2D eigenvalue weighted by molar-refractivity contribution is -0.132. The first-order valence-corrected chi connectivity index (χ1v) is 9.39. The third-order valence-corrected chi connectivity index (χ3v) is 5.53. The third kappa shape index (κ3) is 3.23. The van der Waals surface area contributed by atoms with Crippen molar-refractivity contribution in [2.24, 2.45) is 5.92 Å². The van der Waals surface area contributed by atoms with Crippen LogP contribution in [0.15, 0.2) is 16.8 Å². The van der Waals surface area contributed by atoms with E-state index in [4.69, 9.17) is 4.74 Å². The molecule has 24 heavy (non-hydrogen) atoms. The van der Waals surface area contributed by atoms with Crippen LogP contribution in [0.2, 0.25) is 0 Å². The zero-order valence-corrected chi connectivity index (χ0v) is 14.7. The molecule has 0 N–H and O–H groups in total. The first-order chi connectivity index (χ1) is 11.7. The van der Waals surface area contributed by atoms with Gasteiger partial charge in [0, 0.05) is 26.1 Å². The van der Waals surface area contributed by atoms with Gasteiger partial charge >= 0.3 is 0 Å². The van der Waals surface area contributed by atoms with Gasteiger partial charge < -0.3 is 9.64 Å². The standard InChI is InChI=1S/C17H22N4O2S/c1-23-10-14-8-20(16(22)6-13-4-5-24-11-13)9-15-17(14)21(19-18-15)7-12-2-3-12/h4-5,11-12,14H,2-3,6-10H2,1H3/t14-/m0/s1. The Labute approximate surface area is 145 Å². The summed E-state index contributed by atoms with van der Waals surface area (Å²) in [5.74, 6) is 1.05. The molecule has 0 unspecified atom stereocenters. The molecule has 1 aliphatic heterocycles. The number of rotatable bonds is 6. The second kappa shape index (κ2) is 6.64. The van der Waals surface area contributed by atoms with Crippen LogP contribution in [0.5, 0.6) is 0 Å². The number of hydrogen-bond acceptors (Lipinski definition) is 5. The molecule has 0 spiro atoms. The van der Waals surface area contributed by atoms with Gasteiger partial charge in [-0.3, -0.25) is 4.79 Å². The molecule has 0 aromatic carbocycles. The molecule has 2 aromatic rings. The van der Waals surface area contributed by atoms with Crippen molar-refractivity contribution in [3.63, 3.8) is 0 Å². The normalized spacial score (nSPS) is 20.2. The van der Waals surface area contributed by atoms with Gasteiger partial charge in [-0.25, -0.2) is 4.68 Å². The summed E-state index contributed by atoms with van der Waals surface area (Å²) in [7, 11) is 1.71. The molecule has 1 aliphatic carbocycles. The van der Waals surface area contributed by atoms with E-state index >= 15 is 0 Å². The Morgan fingerprint density at radius 2 is 2.33 bits per heavy atom. The molecule has 2 aliphatic rings. The van der Waals surface area contributed by atoms with Gasteiger partial charge in [0.15, 0.2) is 0 Å². The zero-order chi connectivity index (χ0) is 16.5. The van der Waals surface area contributed by atoms with Gasteiger partial charge in [0.1, 0.15) is 5.69 Å². The highest BCUT2D eigenvalue weighted by Gasteiger charge is 2.34. The molecular formula is C17H22N4O2S. The van der Waals surface area contributed by atoms with Crippen LogP contribution < -0.4 is 0 Å². The molecular weight excluding hydrogens is 324 g/mol. The highest BCUT2D eigenvalue weighted by Crippen LogP contribution is 2.33. The number of methoxy groups -OCH3 is 1.